The Balaban J connectivity index is 0.962. The number of nitrogens with two attached hydrogens (primary N) is 1. The van der Waals surface area contributed by atoms with Crippen LogP contribution in [0.4, 0.5) is 15.3 Å². The third-order valence-electron chi connectivity index (χ3n) is 16.1. The van der Waals surface area contributed by atoms with Crippen LogP contribution in [0.2, 0.25) is 0 Å². The molecule has 10 atom stereocenters. The average molecular weight is 1110 g/mol. The first-order valence-corrected chi connectivity index (χ1v) is 26.6. The summed E-state index contributed by atoms with van der Waals surface area (Å²) in [6, 6.07) is 3.16. The van der Waals surface area contributed by atoms with Crippen molar-refractivity contribution in [2.75, 3.05) is 38.3 Å². The third-order valence-corrected chi connectivity index (χ3v) is 17.0. The van der Waals surface area contributed by atoms with Crippen LogP contribution in [0.1, 0.15) is 98.5 Å². The normalized spacial score (nSPS) is 27.5. The number of primary amides is 1. The van der Waals surface area contributed by atoms with E-state index in [0.717, 1.165) is 22.6 Å². The molecule has 23 nitrogen and oxygen atoms in total. The molecule has 0 radical (unpaired) electrons. The molecule has 1 aliphatic heterocycles. The van der Waals surface area contributed by atoms with Crippen molar-refractivity contribution < 1.29 is 72.1 Å². The molecule has 0 spiro atoms. The Morgan fingerprint density at radius 2 is 1.60 bits per heavy atom. The van der Waals surface area contributed by atoms with Gasteiger partial charge < -0.3 is 57.0 Å². The number of rotatable bonds is 24. The van der Waals surface area contributed by atoms with E-state index in [2.05, 4.69) is 31.9 Å². The highest BCUT2D eigenvalue weighted by molar-refractivity contribution is 6.26. The number of hydrogen-bond acceptors (Lipinski definition) is 15. The minimum absolute atomic E-state index is 0.00582. The van der Waals surface area contributed by atoms with Gasteiger partial charge in [0.25, 0.3) is 11.8 Å². The van der Waals surface area contributed by atoms with E-state index in [1.54, 1.807) is 45.1 Å². The van der Waals surface area contributed by atoms with Crippen molar-refractivity contribution in [1.82, 2.24) is 31.5 Å². The number of benzene rings is 1. The number of imide groups is 1. The molecule has 78 heavy (non-hydrogen) atoms. The largest absolute Gasteiger partial charge is 0.450 e. The van der Waals surface area contributed by atoms with Crippen molar-refractivity contribution in [2.45, 2.75) is 128 Å². The van der Waals surface area contributed by atoms with Crippen LogP contribution in [0, 0.1) is 34.5 Å². The van der Waals surface area contributed by atoms with E-state index >= 15 is 0 Å². The molecule has 1 aromatic carbocycles. The van der Waals surface area contributed by atoms with Gasteiger partial charge in [0, 0.05) is 60.5 Å². The van der Waals surface area contributed by atoms with Crippen LogP contribution in [0.25, 0.3) is 0 Å². The maximum absolute atomic E-state index is 14.5. The molecule has 24 heteroatoms. The maximum Gasteiger partial charge on any atom is 0.407 e. The van der Waals surface area contributed by atoms with Gasteiger partial charge in [-0.05, 0) is 86.1 Å². The molecular weight excluding hydrogens is 1040 g/mol. The lowest BCUT2D eigenvalue weighted by molar-refractivity contribution is -0.203. The highest BCUT2D eigenvalue weighted by atomic mass is 35.5. The second kappa shape index (κ2) is 25.2. The Morgan fingerprint density at radius 1 is 0.910 bits per heavy atom. The fourth-order valence-electron chi connectivity index (χ4n) is 12.1. The Hall–Kier alpha value is -6.98. The van der Waals surface area contributed by atoms with Crippen molar-refractivity contribution >= 4 is 82.4 Å². The number of carbonyl (C=O) groups excluding carboxylic acids is 11. The molecule has 5 aliphatic rings. The van der Waals surface area contributed by atoms with Gasteiger partial charge in [-0.3, -0.25) is 48.1 Å². The zero-order valence-electron chi connectivity index (χ0n) is 44.7. The SMILES string of the molecule is CCC(=O)O[C@]1(C(=O)COCNC(=O)CNC(=O)OCc2ccc(NC(=O)[C@H](CCCNC(N)=O)NC(=O)[C@@H](NC(=O)CCN3C(=O)C=CC3=O)C(C)C)cc2)[C@@H](C)CC2[C@@H]3CCC4=CC(=O)C=C[C@]4(C)[C@@]3(Cl)[C@@H](O)C[C@@]21C. The Labute approximate surface area is 456 Å². The summed E-state index contributed by atoms with van der Waals surface area (Å²) in [6.07, 6.45) is 6.62. The number of ether oxygens (including phenoxy) is 3. The van der Waals surface area contributed by atoms with Crippen LogP contribution >= 0.6 is 11.6 Å². The van der Waals surface area contributed by atoms with Gasteiger partial charge in [0.1, 0.15) is 38.6 Å². The monoisotopic (exact) mass is 1110 g/mol. The Bertz CT molecular complexity index is 2620. The molecule has 9 N–H and O–H groups in total. The van der Waals surface area contributed by atoms with Gasteiger partial charge in [0.05, 0.1) is 11.0 Å². The molecule has 424 valence electrons. The standard InChI is InChI=1S/C54H71ClN8O15/c1-7-45(71)78-54(31(4)23-37-36-15-12-33-24-35(64)18-20-51(33,5)53(36,55)39(65)25-52(37,54)6)40(66)28-76-29-59-42(68)26-58-50(75)77-27-32-10-13-34(14-11-32)60-47(72)38(9-8-21-57-49(56)74)61-48(73)46(30(2)3)62-41(67)19-22-63-43(69)16-17-44(63)70/h10-11,13-14,16-18,20,24,30-31,36-39,46,65H,7-9,12,15,19,21-23,25-29H2,1-6H3,(H,58,75)(H,59,68)(H,60,72)(H,61,73)(H,62,67)(H3,56,57,74)/t31-,36-,37?,38-,39-,46-,51-,52-,53-,54-/m0/s1. The summed E-state index contributed by atoms with van der Waals surface area (Å²) < 4.78 is 17.1. The number of alkyl carbamates (subject to hydrolysis) is 1. The van der Waals surface area contributed by atoms with E-state index < -0.39 is 131 Å². The number of nitrogens with one attached hydrogen (secondary N) is 6. The number of aliphatic hydroxyl groups excluding tert-OH is 1. The highest BCUT2D eigenvalue weighted by Crippen LogP contribution is 2.72. The molecule has 0 bridgehead atoms. The number of hydrogen-bond donors (Lipinski definition) is 8. The highest BCUT2D eigenvalue weighted by Gasteiger charge is 2.76. The van der Waals surface area contributed by atoms with Crippen LogP contribution in [0.5, 0.6) is 0 Å². The molecule has 0 saturated heterocycles. The van der Waals surface area contributed by atoms with E-state index in [1.807, 2.05) is 20.8 Å². The number of carbonyl (C=O) groups is 11. The van der Waals surface area contributed by atoms with Crippen LogP contribution in [0.3, 0.4) is 0 Å². The molecule has 3 saturated carbocycles. The number of anilines is 1. The van der Waals surface area contributed by atoms with Gasteiger partial charge in [0.2, 0.25) is 29.4 Å². The van der Waals surface area contributed by atoms with Crippen LogP contribution in [-0.2, 0) is 64.0 Å². The molecule has 1 heterocycles. The van der Waals surface area contributed by atoms with Gasteiger partial charge in [0.15, 0.2) is 11.4 Å². The Kier molecular flexibility index (Phi) is 19.5. The smallest absolute Gasteiger partial charge is 0.407 e. The lowest BCUT2D eigenvalue weighted by atomic mass is 9.45. The van der Waals surface area contributed by atoms with E-state index in [0.29, 0.717) is 30.5 Å². The van der Waals surface area contributed by atoms with E-state index in [1.165, 1.54) is 18.2 Å². The van der Waals surface area contributed by atoms with E-state index in [9.17, 15) is 57.8 Å². The van der Waals surface area contributed by atoms with Crippen molar-refractivity contribution in [3.63, 3.8) is 0 Å². The quantitative estimate of drug-likeness (QED) is 0.0242. The second-order valence-electron chi connectivity index (χ2n) is 21.3. The van der Waals surface area contributed by atoms with Gasteiger partial charge in [-0.15, -0.1) is 11.6 Å². The summed E-state index contributed by atoms with van der Waals surface area (Å²) in [4.78, 5) is 140. The molecule has 6 rings (SSSR count). The summed E-state index contributed by atoms with van der Waals surface area (Å²) in [5, 5.41) is 27.3. The minimum Gasteiger partial charge on any atom is -0.450 e. The third kappa shape index (κ3) is 12.8. The number of amides is 9. The number of allylic oxidation sites excluding steroid dienone is 4. The fraction of sp³-hybridized carbons (Fsp3) is 0.574. The fourth-order valence-corrected chi connectivity index (χ4v) is 12.6. The van der Waals surface area contributed by atoms with Crippen molar-refractivity contribution in [3.05, 3.63) is 65.8 Å². The van der Waals surface area contributed by atoms with Crippen molar-refractivity contribution in [1.29, 1.82) is 0 Å². The zero-order chi connectivity index (χ0) is 57.3. The number of aliphatic hydroxyl groups is 1. The lowest BCUT2D eigenvalue weighted by Crippen LogP contribution is -2.69. The van der Waals surface area contributed by atoms with Gasteiger partial charge in [-0.25, -0.2) is 9.59 Å². The number of ketones is 2. The van der Waals surface area contributed by atoms with E-state index in [-0.39, 0.29) is 69.4 Å². The minimum atomic E-state index is -1.69. The topological polar surface area (TPSA) is 337 Å². The summed E-state index contributed by atoms with van der Waals surface area (Å²) in [5.74, 6) is -6.44. The van der Waals surface area contributed by atoms with Crippen LogP contribution in [0.15, 0.2) is 60.2 Å². The Morgan fingerprint density at radius 3 is 2.26 bits per heavy atom. The molecule has 9 amide bonds. The summed E-state index contributed by atoms with van der Waals surface area (Å²) in [5.41, 5.74) is 3.26. The zero-order valence-corrected chi connectivity index (χ0v) is 45.5. The van der Waals surface area contributed by atoms with Gasteiger partial charge in [-0.1, -0.05) is 65.3 Å². The number of esters is 1. The number of Topliss-reactive ketones (excluding diaryl/α,β-unsaturated/α-hetero) is 1. The first-order chi connectivity index (χ1) is 36.8. The van der Waals surface area contributed by atoms with Crippen molar-refractivity contribution in [3.8, 4) is 0 Å². The predicted octanol–water partition coefficient (Wildman–Crippen LogP) is 2.48. The molecule has 3 fully saturated rings. The predicted molar refractivity (Wildman–Crippen MR) is 280 cm³/mol. The number of halogens is 1. The molecule has 1 unspecified atom stereocenters. The number of fused-ring (bicyclic) bond motifs is 5. The summed E-state index contributed by atoms with van der Waals surface area (Å²) >= 11 is 7.60. The first-order valence-electron chi connectivity index (χ1n) is 26.2. The summed E-state index contributed by atoms with van der Waals surface area (Å²) in [6.45, 7) is 8.80. The van der Waals surface area contributed by atoms with Crippen LogP contribution < -0.4 is 37.6 Å². The van der Waals surface area contributed by atoms with Crippen molar-refractivity contribution in [2.24, 2.45) is 40.2 Å². The van der Waals surface area contributed by atoms with E-state index in [4.69, 9.17) is 31.5 Å². The molecule has 4 aliphatic carbocycles. The number of urea groups is 1. The first kappa shape index (κ1) is 60.3. The molecular formula is C54H71ClN8O15. The average Bonchev–Trinajstić information content (AvgIpc) is 4.05. The lowest BCUT2D eigenvalue weighted by Gasteiger charge is -2.64. The van der Waals surface area contributed by atoms with Gasteiger partial charge >= 0.3 is 18.1 Å². The molecule has 1 aromatic rings. The number of alkyl halides is 1. The second-order valence-corrected chi connectivity index (χ2v) is 21.9. The summed E-state index contributed by atoms with van der Waals surface area (Å²) in [7, 11) is 0. The maximum atomic E-state index is 14.5. The van der Waals surface area contributed by atoms with Crippen LogP contribution in [-0.4, -0.2) is 137 Å². The van der Waals surface area contributed by atoms with Gasteiger partial charge in [-0.2, -0.15) is 0 Å². The molecule has 0 aromatic heterocycles. The number of nitrogens with zero attached hydrogens (tertiary/aromatic N) is 1.